The van der Waals surface area contributed by atoms with Crippen molar-refractivity contribution in [2.75, 3.05) is 0 Å². The number of benzene rings is 1. The third-order valence-electron chi connectivity index (χ3n) is 3.22. The molecule has 0 bridgehead atoms. The fourth-order valence-corrected chi connectivity index (χ4v) is 1.80. The summed E-state index contributed by atoms with van der Waals surface area (Å²) in [5.74, 6) is 0.430. The van der Waals surface area contributed by atoms with E-state index in [1.54, 1.807) is 24.4 Å². The fraction of sp³-hybridized carbons (Fsp3) is 0.471. The summed E-state index contributed by atoms with van der Waals surface area (Å²) in [5.41, 5.74) is 0.353. The van der Waals surface area contributed by atoms with Crippen LogP contribution in [-0.4, -0.2) is 11.8 Å². The van der Waals surface area contributed by atoms with Crippen LogP contribution in [0.25, 0.3) is 0 Å². The van der Waals surface area contributed by atoms with E-state index in [4.69, 9.17) is 4.84 Å². The van der Waals surface area contributed by atoms with E-state index in [0.29, 0.717) is 5.92 Å². The van der Waals surface area contributed by atoms with Crippen molar-refractivity contribution in [1.82, 2.24) is 0 Å². The lowest BCUT2D eigenvalue weighted by Crippen LogP contribution is -2.23. The number of oxime groups is 1. The maximum absolute atomic E-state index is 12.8. The van der Waals surface area contributed by atoms with Crippen molar-refractivity contribution < 1.29 is 9.23 Å². The average molecular weight is 277 g/mol. The Labute approximate surface area is 121 Å². The highest BCUT2D eigenvalue weighted by atomic mass is 19.1. The van der Waals surface area contributed by atoms with Crippen molar-refractivity contribution in [2.45, 2.75) is 45.6 Å². The molecule has 0 aliphatic rings. The summed E-state index contributed by atoms with van der Waals surface area (Å²) in [5, 5.41) is 3.99. The van der Waals surface area contributed by atoms with Gasteiger partial charge < -0.3 is 4.84 Å². The fourth-order valence-electron chi connectivity index (χ4n) is 1.80. The van der Waals surface area contributed by atoms with Crippen LogP contribution >= 0.6 is 0 Å². The number of hydrogen-bond acceptors (Lipinski definition) is 2. The molecule has 3 heteroatoms. The van der Waals surface area contributed by atoms with E-state index in [-0.39, 0.29) is 5.82 Å². The zero-order valence-electron chi connectivity index (χ0n) is 12.6. The lowest BCUT2D eigenvalue weighted by Gasteiger charge is -2.23. The molecule has 1 unspecified atom stereocenters. The van der Waals surface area contributed by atoms with Crippen molar-refractivity contribution in [1.29, 1.82) is 0 Å². The van der Waals surface area contributed by atoms with Gasteiger partial charge in [0.05, 0.1) is 6.21 Å². The third-order valence-corrected chi connectivity index (χ3v) is 3.22. The molecule has 110 valence electrons. The molecule has 0 heterocycles. The molecule has 0 fully saturated rings. The number of halogens is 1. The Balaban J connectivity index is 2.50. The molecular formula is C17H24FNO. The summed E-state index contributed by atoms with van der Waals surface area (Å²) < 4.78 is 12.8. The van der Waals surface area contributed by atoms with Crippen LogP contribution in [-0.2, 0) is 4.84 Å². The van der Waals surface area contributed by atoms with Gasteiger partial charge in [0.25, 0.3) is 0 Å². The van der Waals surface area contributed by atoms with Crippen LogP contribution in [0.2, 0.25) is 0 Å². The molecule has 0 saturated heterocycles. The predicted octanol–water partition coefficient (Wildman–Crippen LogP) is 4.95. The molecule has 0 spiro atoms. The first-order valence-corrected chi connectivity index (χ1v) is 7.06. The molecule has 1 aromatic carbocycles. The Morgan fingerprint density at radius 3 is 2.55 bits per heavy atom. The number of rotatable bonds is 8. The minimum absolute atomic E-state index is 0.257. The Bertz CT molecular complexity index is 439. The normalized spacial score (nSPS) is 14.4. The predicted molar refractivity (Wildman–Crippen MR) is 82.4 cm³/mol. The summed E-state index contributed by atoms with van der Waals surface area (Å²) in [6.07, 6.45) is 6.50. The molecule has 2 nitrogen and oxygen atoms in total. The van der Waals surface area contributed by atoms with Gasteiger partial charge in [-0.2, -0.15) is 0 Å². The molecule has 0 amide bonds. The van der Waals surface area contributed by atoms with Crippen LogP contribution in [0.5, 0.6) is 0 Å². The minimum atomic E-state index is -0.453. The highest BCUT2D eigenvalue weighted by molar-refractivity contribution is 5.78. The second-order valence-electron chi connectivity index (χ2n) is 5.68. The van der Waals surface area contributed by atoms with Crippen LogP contribution in [0, 0.1) is 11.7 Å². The SMILES string of the molecule is C=CC(C)(CCCC(C)C)ON=Cc1ccc(F)cc1. The standard InChI is InChI=1S/C17H24FNO/c1-5-17(4,12-6-7-14(2)3)20-19-13-15-8-10-16(18)11-9-15/h5,8-11,13-14H,1,6-7,12H2,2-4H3. The molecule has 0 N–H and O–H groups in total. The Kier molecular flexibility index (Phi) is 6.43. The van der Waals surface area contributed by atoms with E-state index < -0.39 is 5.60 Å². The van der Waals surface area contributed by atoms with Gasteiger partial charge in [0.1, 0.15) is 5.82 Å². The lowest BCUT2D eigenvalue weighted by atomic mass is 9.96. The van der Waals surface area contributed by atoms with Crippen molar-refractivity contribution in [2.24, 2.45) is 11.1 Å². The number of nitrogens with zero attached hydrogens (tertiary/aromatic N) is 1. The van der Waals surface area contributed by atoms with Crippen LogP contribution < -0.4 is 0 Å². The molecular weight excluding hydrogens is 253 g/mol. The third kappa shape index (κ3) is 6.00. The van der Waals surface area contributed by atoms with Crippen LogP contribution in [0.4, 0.5) is 4.39 Å². The highest BCUT2D eigenvalue weighted by Crippen LogP contribution is 2.22. The summed E-state index contributed by atoms with van der Waals surface area (Å²) in [6, 6.07) is 6.12. The molecule has 0 aromatic heterocycles. The van der Waals surface area contributed by atoms with Crippen molar-refractivity contribution >= 4 is 6.21 Å². The summed E-state index contributed by atoms with van der Waals surface area (Å²) in [6.45, 7) is 10.2. The molecule has 0 saturated carbocycles. The van der Waals surface area contributed by atoms with Crippen molar-refractivity contribution in [3.63, 3.8) is 0 Å². The van der Waals surface area contributed by atoms with Gasteiger partial charge in [0, 0.05) is 0 Å². The van der Waals surface area contributed by atoms with Gasteiger partial charge in [-0.25, -0.2) is 4.39 Å². The number of hydrogen-bond donors (Lipinski definition) is 0. The highest BCUT2D eigenvalue weighted by Gasteiger charge is 2.21. The van der Waals surface area contributed by atoms with Crippen LogP contribution in [0.15, 0.2) is 42.1 Å². The molecule has 20 heavy (non-hydrogen) atoms. The summed E-state index contributed by atoms with van der Waals surface area (Å²) in [4.78, 5) is 5.55. The van der Waals surface area contributed by atoms with Crippen molar-refractivity contribution in [3.8, 4) is 0 Å². The van der Waals surface area contributed by atoms with E-state index in [1.165, 1.54) is 12.1 Å². The zero-order valence-corrected chi connectivity index (χ0v) is 12.6. The molecule has 1 aromatic rings. The van der Waals surface area contributed by atoms with Crippen LogP contribution in [0.3, 0.4) is 0 Å². The Morgan fingerprint density at radius 2 is 2.00 bits per heavy atom. The molecule has 0 radical (unpaired) electrons. The quantitative estimate of drug-likeness (QED) is 0.374. The topological polar surface area (TPSA) is 21.6 Å². The first kappa shape index (κ1) is 16.4. The second kappa shape index (κ2) is 7.83. The van der Waals surface area contributed by atoms with Crippen LogP contribution in [0.1, 0.15) is 45.6 Å². The second-order valence-corrected chi connectivity index (χ2v) is 5.68. The maximum atomic E-state index is 12.8. The Morgan fingerprint density at radius 1 is 1.35 bits per heavy atom. The van der Waals surface area contributed by atoms with Gasteiger partial charge >= 0.3 is 0 Å². The molecule has 0 aliphatic carbocycles. The van der Waals surface area contributed by atoms with Gasteiger partial charge in [-0.3, -0.25) is 0 Å². The summed E-state index contributed by atoms with van der Waals surface area (Å²) >= 11 is 0. The van der Waals surface area contributed by atoms with Gasteiger partial charge in [-0.15, -0.1) is 0 Å². The van der Waals surface area contributed by atoms with E-state index in [2.05, 4.69) is 25.6 Å². The minimum Gasteiger partial charge on any atom is -0.385 e. The van der Waals surface area contributed by atoms with E-state index >= 15 is 0 Å². The van der Waals surface area contributed by atoms with Gasteiger partial charge in [-0.1, -0.05) is 44.1 Å². The maximum Gasteiger partial charge on any atom is 0.152 e. The largest absolute Gasteiger partial charge is 0.385 e. The molecule has 1 atom stereocenters. The van der Waals surface area contributed by atoms with E-state index in [1.807, 2.05) is 6.92 Å². The average Bonchev–Trinajstić information content (AvgIpc) is 2.41. The van der Waals surface area contributed by atoms with Gasteiger partial charge in [0.2, 0.25) is 0 Å². The van der Waals surface area contributed by atoms with Gasteiger partial charge in [-0.05, 0) is 49.5 Å². The monoisotopic (exact) mass is 277 g/mol. The Hall–Kier alpha value is -1.64. The first-order chi connectivity index (χ1) is 9.45. The van der Waals surface area contributed by atoms with Gasteiger partial charge in [0.15, 0.2) is 5.60 Å². The molecule has 1 rings (SSSR count). The smallest absolute Gasteiger partial charge is 0.152 e. The lowest BCUT2D eigenvalue weighted by molar-refractivity contribution is 0.00224. The van der Waals surface area contributed by atoms with Crippen molar-refractivity contribution in [3.05, 3.63) is 48.3 Å². The van der Waals surface area contributed by atoms with E-state index in [9.17, 15) is 4.39 Å². The molecule has 0 aliphatic heterocycles. The van der Waals surface area contributed by atoms with E-state index in [0.717, 1.165) is 24.8 Å². The summed E-state index contributed by atoms with van der Waals surface area (Å²) in [7, 11) is 0. The first-order valence-electron chi connectivity index (χ1n) is 7.06. The zero-order chi connectivity index (χ0) is 15.0.